The maximum absolute atomic E-state index is 13.7. The van der Waals surface area contributed by atoms with E-state index < -0.39 is 5.60 Å². The van der Waals surface area contributed by atoms with E-state index in [0.29, 0.717) is 37.2 Å². The van der Waals surface area contributed by atoms with Gasteiger partial charge >= 0.3 is 0 Å². The summed E-state index contributed by atoms with van der Waals surface area (Å²) in [5.41, 5.74) is 1.17. The average molecular weight is 265 g/mol. The number of piperidine rings is 1. The monoisotopic (exact) mass is 265 g/mol. The van der Waals surface area contributed by atoms with Gasteiger partial charge in [0.25, 0.3) is 0 Å². The van der Waals surface area contributed by atoms with E-state index in [1.807, 2.05) is 0 Å². The molecular formula is C15H20FNO2. The number of morpholine rings is 1. The maximum atomic E-state index is 13.7. The molecule has 2 aliphatic heterocycles. The number of hydrogen-bond acceptors (Lipinski definition) is 3. The second kappa shape index (κ2) is 4.54. The van der Waals surface area contributed by atoms with E-state index in [2.05, 4.69) is 5.32 Å². The minimum atomic E-state index is -0.867. The number of fused-ring (bicyclic) bond motifs is 2. The molecule has 3 rings (SSSR count). The summed E-state index contributed by atoms with van der Waals surface area (Å²) in [6.45, 7) is 4.77. The molecule has 4 heteroatoms. The molecule has 2 bridgehead atoms. The quantitative estimate of drug-likeness (QED) is 0.813. The highest BCUT2D eigenvalue weighted by Crippen LogP contribution is 2.37. The largest absolute Gasteiger partial charge is 0.385 e. The number of aliphatic hydroxyl groups is 1. The minimum absolute atomic E-state index is 0.176. The fourth-order valence-corrected chi connectivity index (χ4v) is 3.37. The molecule has 1 aromatic carbocycles. The third-order valence-electron chi connectivity index (χ3n) is 4.25. The lowest BCUT2D eigenvalue weighted by molar-refractivity contribution is -0.0803. The second-order valence-corrected chi connectivity index (χ2v) is 5.96. The Balaban J connectivity index is 1.96. The summed E-state index contributed by atoms with van der Waals surface area (Å²) in [7, 11) is 0. The van der Waals surface area contributed by atoms with Crippen molar-refractivity contribution >= 4 is 0 Å². The van der Waals surface area contributed by atoms with Gasteiger partial charge in [-0.15, -0.1) is 0 Å². The first-order valence-corrected chi connectivity index (χ1v) is 6.81. The molecule has 19 heavy (non-hydrogen) atoms. The van der Waals surface area contributed by atoms with Crippen molar-refractivity contribution in [2.45, 2.75) is 44.4 Å². The zero-order valence-corrected chi connectivity index (χ0v) is 11.4. The lowest BCUT2D eigenvalue weighted by Gasteiger charge is -2.45. The number of rotatable bonds is 1. The molecule has 0 aromatic heterocycles. The van der Waals surface area contributed by atoms with Crippen molar-refractivity contribution in [1.82, 2.24) is 5.32 Å². The van der Waals surface area contributed by atoms with Gasteiger partial charge in [0, 0.05) is 12.1 Å². The van der Waals surface area contributed by atoms with Gasteiger partial charge in [0.15, 0.2) is 0 Å². The maximum Gasteiger partial charge on any atom is 0.129 e. The Morgan fingerprint density at radius 2 is 1.74 bits per heavy atom. The van der Waals surface area contributed by atoms with Crippen LogP contribution < -0.4 is 5.32 Å². The number of nitrogens with one attached hydrogen (secondary N) is 1. The molecule has 0 spiro atoms. The van der Waals surface area contributed by atoms with Crippen LogP contribution in [-0.2, 0) is 10.3 Å². The molecule has 1 aromatic rings. The van der Waals surface area contributed by atoms with E-state index in [1.165, 1.54) is 0 Å². The van der Waals surface area contributed by atoms with Gasteiger partial charge in [0.2, 0.25) is 0 Å². The Kier molecular flexibility index (Phi) is 3.12. The van der Waals surface area contributed by atoms with Crippen molar-refractivity contribution in [3.63, 3.8) is 0 Å². The van der Waals surface area contributed by atoms with Crippen LogP contribution in [0.25, 0.3) is 0 Å². The summed E-state index contributed by atoms with van der Waals surface area (Å²) >= 11 is 0. The number of benzene rings is 1. The van der Waals surface area contributed by atoms with Gasteiger partial charge in [-0.2, -0.15) is 0 Å². The predicted octanol–water partition coefficient (Wildman–Crippen LogP) is 1.78. The zero-order valence-electron chi connectivity index (χ0n) is 11.4. The molecule has 2 N–H and O–H groups in total. The summed E-state index contributed by atoms with van der Waals surface area (Å²) in [4.78, 5) is 0. The number of aryl methyl sites for hydroxylation is 2. The lowest BCUT2D eigenvalue weighted by atomic mass is 9.77. The summed E-state index contributed by atoms with van der Waals surface area (Å²) < 4.78 is 19.2. The topological polar surface area (TPSA) is 41.5 Å². The summed E-state index contributed by atoms with van der Waals surface area (Å²) in [5.74, 6) is -0.176. The summed E-state index contributed by atoms with van der Waals surface area (Å²) in [6, 6.07) is 3.93. The minimum Gasteiger partial charge on any atom is -0.385 e. The fourth-order valence-electron chi connectivity index (χ4n) is 3.37. The van der Waals surface area contributed by atoms with Crippen molar-refractivity contribution in [2.75, 3.05) is 13.2 Å². The van der Waals surface area contributed by atoms with Crippen LogP contribution >= 0.6 is 0 Å². The molecule has 0 amide bonds. The third kappa shape index (κ3) is 2.29. The molecule has 2 aliphatic rings. The fraction of sp³-hybridized carbons (Fsp3) is 0.600. The van der Waals surface area contributed by atoms with Crippen LogP contribution in [0.1, 0.15) is 29.5 Å². The standard InChI is InChI=1S/C15H20FNO2/c1-9-3-11(4-10(2)14(9)16)15(18)5-12-7-19-8-13(6-15)17-12/h3-4,12-13,17-18H,5-8H2,1-2H3. The first-order valence-electron chi connectivity index (χ1n) is 6.81. The molecular weight excluding hydrogens is 245 g/mol. The highest BCUT2D eigenvalue weighted by atomic mass is 19.1. The van der Waals surface area contributed by atoms with Gasteiger partial charge in [-0.25, -0.2) is 4.39 Å². The molecule has 2 atom stereocenters. The Morgan fingerprint density at radius 1 is 1.21 bits per heavy atom. The van der Waals surface area contributed by atoms with Crippen LogP contribution in [0, 0.1) is 19.7 Å². The van der Waals surface area contributed by atoms with E-state index in [-0.39, 0.29) is 17.9 Å². The lowest BCUT2D eigenvalue weighted by Crippen LogP contribution is -2.58. The van der Waals surface area contributed by atoms with Crippen LogP contribution in [0.15, 0.2) is 12.1 Å². The van der Waals surface area contributed by atoms with Crippen LogP contribution in [0.4, 0.5) is 4.39 Å². The summed E-state index contributed by atoms with van der Waals surface area (Å²) in [5, 5.41) is 14.4. The molecule has 0 aliphatic carbocycles. The molecule has 0 saturated carbocycles. The van der Waals surface area contributed by atoms with Gasteiger partial charge in [-0.05, 0) is 43.4 Å². The smallest absolute Gasteiger partial charge is 0.129 e. The Bertz CT molecular complexity index is 468. The molecule has 104 valence electrons. The predicted molar refractivity (Wildman–Crippen MR) is 70.5 cm³/mol. The van der Waals surface area contributed by atoms with Gasteiger partial charge in [0.05, 0.1) is 18.8 Å². The van der Waals surface area contributed by atoms with Crippen molar-refractivity contribution < 1.29 is 14.2 Å². The van der Waals surface area contributed by atoms with Gasteiger partial charge in [-0.1, -0.05) is 12.1 Å². The zero-order chi connectivity index (χ0) is 13.6. The first kappa shape index (κ1) is 13.0. The average Bonchev–Trinajstić information content (AvgIpc) is 2.34. The number of halogens is 1. The van der Waals surface area contributed by atoms with Gasteiger partial charge < -0.3 is 15.2 Å². The number of hydrogen-bond donors (Lipinski definition) is 2. The molecule has 2 fully saturated rings. The van der Waals surface area contributed by atoms with Crippen LogP contribution in [-0.4, -0.2) is 30.4 Å². The van der Waals surface area contributed by atoms with E-state index in [1.54, 1.807) is 26.0 Å². The van der Waals surface area contributed by atoms with E-state index in [9.17, 15) is 9.50 Å². The molecule has 0 radical (unpaired) electrons. The molecule has 2 heterocycles. The van der Waals surface area contributed by atoms with E-state index >= 15 is 0 Å². The van der Waals surface area contributed by atoms with E-state index in [0.717, 1.165) is 5.56 Å². The SMILES string of the molecule is Cc1cc(C2(O)CC3COCC(C2)N3)cc(C)c1F. The molecule has 3 nitrogen and oxygen atoms in total. The van der Waals surface area contributed by atoms with E-state index in [4.69, 9.17) is 4.74 Å². The van der Waals surface area contributed by atoms with Crippen molar-refractivity contribution in [3.8, 4) is 0 Å². The molecule has 2 unspecified atom stereocenters. The second-order valence-electron chi connectivity index (χ2n) is 5.96. The van der Waals surface area contributed by atoms with Crippen molar-refractivity contribution in [2.24, 2.45) is 0 Å². The van der Waals surface area contributed by atoms with Crippen LogP contribution in [0.2, 0.25) is 0 Å². The van der Waals surface area contributed by atoms with Crippen molar-refractivity contribution in [1.29, 1.82) is 0 Å². The van der Waals surface area contributed by atoms with Crippen LogP contribution in [0.3, 0.4) is 0 Å². The Hall–Kier alpha value is -0.970. The van der Waals surface area contributed by atoms with Crippen molar-refractivity contribution in [3.05, 3.63) is 34.6 Å². The highest BCUT2D eigenvalue weighted by Gasteiger charge is 2.42. The van der Waals surface area contributed by atoms with Crippen LogP contribution in [0.5, 0.6) is 0 Å². The molecule has 2 saturated heterocycles. The third-order valence-corrected chi connectivity index (χ3v) is 4.25. The summed E-state index contributed by atoms with van der Waals surface area (Å²) in [6.07, 6.45) is 1.24. The Morgan fingerprint density at radius 3 is 2.26 bits per heavy atom. The number of ether oxygens (including phenoxy) is 1. The normalized spacial score (nSPS) is 34.3. The van der Waals surface area contributed by atoms with Gasteiger partial charge in [-0.3, -0.25) is 0 Å². The highest BCUT2D eigenvalue weighted by molar-refractivity contribution is 5.34. The van der Waals surface area contributed by atoms with Gasteiger partial charge in [0.1, 0.15) is 5.82 Å². The first-order chi connectivity index (χ1) is 8.98. The Labute approximate surface area is 112 Å².